The average Bonchev–Trinajstić information content (AvgIpc) is 2.66. The van der Waals surface area contributed by atoms with Gasteiger partial charge in [-0.3, -0.25) is 9.59 Å². The molecule has 0 radical (unpaired) electrons. The molecule has 2 rings (SSSR count). The second kappa shape index (κ2) is 15.2. The van der Waals surface area contributed by atoms with Gasteiger partial charge in [0.05, 0.1) is 0 Å². The van der Waals surface area contributed by atoms with Crippen molar-refractivity contribution in [1.82, 2.24) is 20.9 Å². The lowest BCUT2D eigenvalue weighted by Gasteiger charge is -2.40. The van der Waals surface area contributed by atoms with E-state index >= 15 is 0 Å². The molecule has 0 bridgehead atoms. The van der Waals surface area contributed by atoms with E-state index in [1.165, 1.54) is 4.90 Å². The zero-order valence-electron chi connectivity index (χ0n) is 21.3. The third kappa shape index (κ3) is 14.5. The van der Waals surface area contributed by atoms with Crippen LogP contribution in [0.4, 0.5) is 31.1 Å². The van der Waals surface area contributed by atoms with Gasteiger partial charge in [-0.05, 0) is 73.4 Å². The highest BCUT2D eigenvalue weighted by molar-refractivity contribution is 5.85. The van der Waals surface area contributed by atoms with Gasteiger partial charge in [-0.25, -0.2) is 4.79 Å². The van der Waals surface area contributed by atoms with Crippen LogP contribution >= 0.6 is 24.8 Å². The highest BCUT2D eigenvalue weighted by Gasteiger charge is 2.44. The van der Waals surface area contributed by atoms with Crippen LogP contribution in [0.3, 0.4) is 0 Å². The molecule has 0 atom stereocenters. The smallest absolute Gasteiger partial charge is 0.444 e. The summed E-state index contributed by atoms with van der Waals surface area (Å²) in [6, 6.07) is 0. The van der Waals surface area contributed by atoms with E-state index in [1.54, 1.807) is 34.6 Å². The molecule has 3 N–H and O–H groups in total. The molecule has 2 saturated heterocycles. The minimum atomic E-state index is -4.90. The van der Waals surface area contributed by atoms with E-state index in [1.807, 2.05) is 10.6 Å². The maximum atomic E-state index is 12.3. The molecule has 2 fully saturated rings. The van der Waals surface area contributed by atoms with Gasteiger partial charge in [-0.2, -0.15) is 26.3 Å². The van der Waals surface area contributed by atoms with Crippen LogP contribution < -0.4 is 16.0 Å². The second-order valence-electron chi connectivity index (χ2n) is 10.2. The fourth-order valence-electron chi connectivity index (χ4n) is 3.43. The standard InChI is InChI=1S/C13H21F3N2O3.C8H13F3N2O.CH4.2ClH/c1-11(2,3)21-10(20)18-7-5-12(4,6-8-18)17-9(19)13(14,15)16;1-7(2-4-12-5-3-7)13-6(14)8(9,10)11;;;/h5-8H2,1-4H3,(H,17,19);12H,2-5H2,1H3,(H,13,14);1H4;2*1H. The van der Waals surface area contributed by atoms with Gasteiger partial charge < -0.3 is 25.6 Å². The summed E-state index contributed by atoms with van der Waals surface area (Å²) in [4.78, 5) is 35.0. The maximum absolute atomic E-state index is 12.3. The largest absolute Gasteiger partial charge is 0.471 e. The average molecular weight is 609 g/mol. The molecular formula is C22H40Cl2F6N4O4. The monoisotopic (exact) mass is 608 g/mol. The summed E-state index contributed by atoms with van der Waals surface area (Å²) in [5, 5.41) is 7.05. The Morgan fingerprint density at radius 1 is 0.763 bits per heavy atom. The first-order chi connectivity index (χ1) is 15.7. The number of carbonyl (C=O) groups is 3. The van der Waals surface area contributed by atoms with Crippen molar-refractivity contribution in [2.45, 2.75) is 96.8 Å². The SMILES string of the molecule is C.CC1(NC(=O)C(F)(F)F)CCN(C(=O)OC(C)(C)C)CC1.CC1(NC(=O)C(F)(F)F)CCNCC1.Cl.Cl. The van der Waals surface area contributed by atoms with Crippen LogP contribution in [0.5, 0.6) is 0 Å². The molecule has 8 nitrogen and oxygen atoms in total. The normalized spacial score (nSPS) is 18.6. The van der Waals surface area contributed by atoms with Crippen molar-refractivity contribution in [3.05, 3.63) is 0 Å². The van der Waals surface area contributed by atoms with E-state index in [0.29, 0.717) is 25.9 Å². The van der Waals surface area contributed by atoms with Crippen molar-refractivity contribution in [2.75, 3.05) is 26.2 Å². The molecule has 0 aromatic carbocycles. The summed E-state index contributed by atoms with van der Waals surface area (Å²) in [5.74, 6) is -3.79. The molecule has 0 saturated carbocycles. The highest BCUT2D eigenvalue weighted by atomic mass is 35.5. The Hall–Kier alpha value is -1.67. The second-order valence-corrected chi connectivity index (χ2v) is 10.2. The molecule has 0 spiro atoms. The number of hydrogen-bond acceptors (Lipinski definition) is 5. The number of piperidine rings is 2. The summed E-state index contributed by atoms with van der Waals surface area (Å²) < 4.78 is 77.8. The van der Waals surface area contributed by atoms with Crippen LogP contribution in [0.1, 0.15) is 67.7 Å². The summed E-state index contributed by atoms with van der Waals surface area (Å²) in [5.41, 5.74) is -2.31. The topological polar surface area (TPSA) is 99.8 Å². The van der Waals surface area contributed by atoms with E-state index in [-0.39, 0.29) is 58.2 Å². The van der Waals surface area contributed by atoms with Crippen molar-refractivity contribution >= 4 is 42.7 Å². The summed E-state index contributed by atoms with van der Waals surface area (Å²) in [6.07, 6.45) is -8.64. The molecule has 228 valence electrons. The number of ether oxygens (including phenoxy) is 1. The Morgan fingerprint density at radius 3 is 1.42 bits per heavy atom. The molecular weight excluding hydrogens is 569 g/mol. The third-order valence-electron chi connectivity index (χ3n) is 5.57. The number of halogens is 8. The zero-order valence-corrected chi connectivity index (χ0v) is 23.0. The first-order valence-corrected chi connectivity index (χ1v) is 11.1. The Kier molecular flexibility index (Phi) is 16.3. The molecule has 38 heavy (non-hydrogen) atoms. The maximum Gasteiger partial charge on any atom is 0.471 e. The molecule has 0 unspecified atom stereocenters. The van der Waals surface area contributed by atoms with Gasteiger partial charge in [0.2, 0.25) is 0 Å². The molecule has 2 aliphatic rings. The van der Waals surface area contributed by atoms with E-state index in [2.05, 4.69) is 5.32 Å². The van der Waals surface area contributed by atoms with Crippen LogP contribution in [0.15, 0.2) is 0 Å². The first-order valence-electron chi connectivity index (χ1n) is 11.1. The van der Waals surface area contributed by atoms with Crippen molar-refractivity contribution in [3.8, 4) is 0 Å². The van der Waals surface area contributed by atoms with Crippen LogP contribution in [0.2, 0.25) is 0 Å². The van der Waals surface area contributed by atoms with E-state index < -0.39 is 46.9 Å². The van der Waals surface area contributed by atoms with Crippen molar-refractivity contribution in [2.24, 2.45) is 0 Å². The lowest BCUT2D eigenvalue weighted by Crippen LogP contribution is -2.57. The Morgan fingerprint density at radius 2 is 1.11 bits per heavy atom. The number of nitrogens with one attached hydrogen (secondary N) is 3. The van der Waals surface area contributed by atoms with Gasteiger partial charge in [0.1, 0.15) is 5.60 Å². The number of rotatable bonds is 2. The summed E-state index contributed by atoms with van der Waals surface area (Å²) in [7, 11) is 0. The fraction of sp³-hybridized carbons (Fsp3) is 0.864. The van der Waals surface area contributed by atoms with Crippen LogP contribution in [-0.4, -0.2) is 78.0 Å². The van der Waals surface area contributed by atoms with E-state index in [4.69, 9.17) is 4.74 Å². The van der Waals surface area contributed by atoms with Crippen molar-refractivity contribution < 1.29 is 45.5 Å². The quantitative estimate of drug-likeness (QED) is 0.393. The summed E-state index contributed by atoms with van der Waals surface area (Å²) in [6.45, 7) is 10.1. The Labute approximate surface area is 232 Å². The molecule has 0 aromatic rings. The first kappa shape index (κ1) is 40.8. The van der Waals surface area contributed by atoms with Crippen molar-refractivity contribution in [3.63, 3.8) is 0 Å². The van der Waals surface area contributed by atoms with Crippen LogP contribution in [0.25, 0.3) is 0 Å². The Bertz CT molecular complexity index is 762. The van der Waals surface area contributed by atoms with Gasteiger partial charge in [0, 0.05) is 24.2 Å². The van der Waals surface area contributed by atoms with Gasteiger partial charge in [-0.15, -0.1) is 24.8 Å². The molecule has 16 heteroatoms. The van der Waals surface area contributed by atoms with Crippen LogP contribution in [0, 0.1) is 0 Å². The predicted octanol–water partition coefficient (Wildman–Crippen LogP) is 4.74. The number of alkyl halides is 6. The number of amides is 3. The van der Waals surface area contributed by atoms with E-state index in [0.717, 1.165) is 0 Å². The van der Waals surface area contributed by atoms with Crippen molar-refractivity contribution in [1.29, 1.82) is 0 Å². The number of likely N-dealkylation sites (tertiary alicyclic amines) is 1. The number of hydrogen-bond donors (Lipinski definition) is 3. The summed E-state index contributed by atoms with van der Waals surface area (Å²) >= 11 is 0. The molecule has 3 amide bonds. The van der Waals surface area contributed by atoms with Gasteiger partial charge >= 0.3 is 30.3 Å². The van der Waals surface area contributed by atoms with E-state index in [9.17, 15) is 40.7 Å². The minimum absolute atomic E-state index is 0. The van der Waals surface area contributed by atoms with Gasteiger partial charge in [-0.1, -0.05) is 7.43 Å². The molecule has 0 aromatic heterocycles. The highest BCUT2D eigenvalue weighted by Crippen LogP contribution is 2.26. The predicted molar refractivity (Wildman–Crippen MR) is 136 cm³/mol. The number of carbonyl (C=O) groups excluding carboxylic acids is 3. The zero-order chi connectivity index (χ0) is 27.3. The fourth-order valence-corrected chi connectivity index (χ4v) is 3.43. The number of nitrogens with zero attached hydrogens (tertiary/aromatic N) is 1. The van der Waals surface area contributed by atoms with Gasteiger partial charge in [0.15, 0.2) is 0 Å². The van der Waals surface area contributed by atoms with Crippen LogP contribution in [-0.2, 0) is 14.3 Å². The minimum Gasteiger partial charge on any atom is -0.444 e. The molecule has 2 aliphatic heterocycles. The molecule has 2 heterocycles. The lowest BCUT2D eigenvalue weighted by molar-refractivity contribution is -0.176. The molecule has 0 aliphatic carbocycles. The lowest BCUT2D eigenvalue weighted by atomic mass is 9.89. The van der Waals surface area contributed by atoms with Gasteiger partial charge in [0.25, 0.3) is 0 Å². The third-order valence-corrected chi connectivity index (χ3v) is 5.57. The Balaban J connectivity index is -0.000000637.